The molecule has 48 heavy (non-hydrogen) atoms. The van der Waals surface area contributed by atoms with Crippen molar-refractivity contribution in [3.8, 4) is 0 Å². The maximum absolute atomic E-state index is 13.2. The molecule has 0 heterocycles. The number of benzene rings is 6. The predicted octanol–water partition coefficient (Wildman–Crippen LogP) is 11.0. The second kappa shape index (κ2) is 13.2. The molecule has 0 aromatic heterocycles. The first kappa shape index (κ1) is 30.4. The lowest BCUT2D eigenvalue weighted by Crippen LogP contribution is -2.02. The van der Waals surface area contributed by atoms with Gasteiger partial charge >= 0.3 is 11.9 Å². The Morgan fingerprint density at radius 3 is 0.750 bits per heavy atom. The van der Waals surface area contributed by atoms with Gasteiger partial charge in [0.15, 0.2) is 0 Å². The first-order valence-corrected chi connectivity index (χ1v) is 15.7. The van der Waals surface area contributed by atoms with Crippen molar-refractivity contribution in [1.82, 2.24) is 0 Å². The Labute approximate surface area is 278 Å². The van der Waals surface area contributed by atoms with Crippen molar-refractivity contribution in [3.05, 3.63) is 169 Å². The average molecular weight is 625 g/mol. The molecular weight excluding hydrogens is 592 g/mol. The van der Waals surface area contributed by atoms with Gasteiger partial charge in [0.05, 0.1) is 25.3 Å². The highest BCUT2D eigenvalue weighted by molar-refractivity contribution is 6.15. The van der Waals surface area contributed by atoms with Crippen LogP contribution in [0.2, 0.25) is 0 Å². The first-order chi connectivity index (χ1) is 23.5. The minimum Gasteiger partial charge on any atom is -0.465 e. The molecule has 0 radical (unpaired) electrons. The zero-order valence-electron chi connectivity index (χ0n) is 26.6. The Morgan fingerprint density at radius 2 is 0.542 bits per heavy atom. The summed E-state index contributed by atoms with van der Waals surface area (Å²) in [4.78, 5) is 26.4. The van der Waals surface area contributed by atoms with Gasteiger partial charge in [0, 0.05) is 0 Å². The van der Waals surface area contributed by atoms with Gasteiger partial charge in [-0.25, -0.2) is 9.59 Å². The van der Waals surface area contributed by atoms with Crippen molar-refractivity contribution in [1.29, 1.82) is 0 Å². The van der Waals surface area contributed by atoms with Gasteiger partial charge in [-0.3, -0.25) is 0 Å². The Balaban J connectivity index is 1.53. The molecule has 13 aromatic rings. The molecule has 0 unspecified atom stereocenters. The zero-order valence-corrected chi connectivity index (χ0v) is 26.6. The molecule has 4 nitrogen and oxygen atoms in total. The van der Waals surface area contributed by atoms with E-state index in [-0.39, 0.29) is 11.9 Å². The topological polar surface area (TPSA) is 52.6 Å². The number of carbonyl (C=O) groups excluding carboxylic acids is 2. The van der Waals surface area contributed by atoms with E-state index in [9.17, 15) is 9.59 Å². The maximum Gasteiger partial charge on any atom is 0.339 e. The Hall–Kier alpha value is -6.26. The lowest BCUT2D eigenvalue weighted by molar-refractivity contribution is 0.0596. The van der Waals surface area contributed by atoms with Crippen LogP contribution in [-0.4, -0.2) is 26.2 Å². The van der Waals surface area contributed by atoms with Gasteiger partial charge in [0.1, 0.15) is 0 Å². The standard InChI is InChI=1S/C44H32O4/c1-47-43(45)41-37-5-3-6-38(41)34-23-15-30(16-24-34)10-12-32-19-27-36(28-20-32)40-8-4-7-39(42(40)44(46)48-2)35-25-17-31(18-26-35)11-9-29-13-21-33(37)22-14-29/h3-28H,1-2H3. The minimum absolute atomic E-state index is 0.376. The average Bonchev–Trinajstić information content (AvgIpc) is 3.15. The highest BCUT2D eigenvalue weighted by Gasteiger charge is 2.14. The van der Waals surface area contributed by atoms with Gasteiger partial charge in [-0.1, -0.05) is 158 Å². The van der Waals surface area contributed by atoms with Crippen LogP contribution in [0.3, 0.4) is 0 Å². The summed E-state index contributed by atoms with van der Waals surface area (Å²) in [5.41, 5.74) is 1.07. The molecule has 0 spiro atoms. The van der Waals surface area contributed by atoms with Crippen LogP contribution >= 0.6 is 0 Å². The van der Waals surface area contributed by atoms with E-state index >= 15 is 0 Å². The Kier molecular flexibility index (Phi) is 8.38. The summed E-state index contributed by atoms with van der Waals surface area (Å²) in [7, 11) is 2.84. The van der Waals surface area contributed by atoms with E-state index in [0.29, 0.717) is 11.1 Å². The van der Waals surface area contributed by atoms with Crippen molar-refractivity contribution in [3.63, 3.8) is 0 Å². The van der Waals surface area contributed by atoms with Gasteiger partial charge in [-0.15, -0.1) is 0 Å². The van der Waals surface area contributed by atoms with Gasteiger partial charge in [-0.05, 0) is 64.6 Å². The van der Waals surface area contributed by atoms with E-state index in [0.717, 1.165) is 64.6 Å². The number of esters is 2. The summed E-state index contributed by atoms with van der Waals surface area (Å²) in [6.07, 6.45) is 0. The van der Waals surface area contributed by atoms with Crippen LogP contribution < -0.4 is 0 Å². The van der Waals surface area contributed by atoms with E-state index in [4.69, 9.17) is 9.47 Å². The molecule has 0 saturated carbocycles. The second-order valence-corrected chi connectivity index (χ2v) is 11.6. The lowest BCUT2D eigenvalue weighted by Gasteiger charge is -2.07. The summed E-state index contributed by atoms with van der Waals surface area (Å²) in [5, 5.41) is 11.1. The normalized spacial score (nSPS) is 10.9. The third-order valence-corrected chi connectivity index (χ3v) is 8.73. The lowest BCUT2D eigenvalue weighted by atomic mass is 9.99. The van der Waals surface area contributed by atoms with E-state index in [1.165, 1.54) is 14.2 Å². The summed E-state index contributed by atoms with van der Waals surface area (Å²) < 4.78 is 10.5. The summed E-state index contributed by atoms with van der Waals surface area (Å²) >= 11 is 0. The third-order valence-electron chi connectivity index (χ3n) is 8.73. The van der Waals surface area contributed by atoms with Crippen molar-refractivity contribution >= 4 is 76.6 Å². The second-order valence-electron chi connectivity index (χ2n) is 11.6. The smallest absolute Gasteiger partial charge is 0.339 e. The molecule has 0 fully saturated rings. The van der Waals surface area contributed by atoms with E-state index in [2.05, 4.69) is 24.3 Å². The Bertz CT molecular complexity index is 2160. The van der Waals surface area contributed by atoms with Crippen molar-refractivity contribution in [2.45, 2.75) is 0 Å². The van der Waals surface area contributed by atoms with Gasteiger partial charge in [-0.2, -0.15) is 0 Å². The van der Waals surface area contributed by atoms with Crippen LogP contribution in [0.5, 0.6) is 0 Å². The summed E-state index contributed by atoms with van der Waals surface area (Å²) in [6, 6.07) is 52.6. The molecule has 0 amide bonds. The molecule has 13 aromatic carbocycles. The number of hydrogen-bond donors (Lipinski definition) is 0. The molecule has 0 aliphatic carbocycles. The molecule has 4 heteroatoms. The predicted molar refractivity (Wildman–Crippen MR) is 198 cm³/mol. The SMILES string of the molecule is COC(=O)c1c2cccc1c1ccc(ccc3ccc(cc3)c3cccc(c3C(=O)OC)c3ccc(ccc4ccc2cc4)cc3)cc1. The molecule has 0 aliphatic heterocycles. The summed E-state index contributed by atoms with van der Waals surface area (Å²) in [5.74, 6) is -0.753. The van der Waals surface area contributed by atoms with Crippen LogP contribution in [0.15, 0.2) is 158 Å². The Morgan fingerprint density at radius 1 is 0.333 bits per heavy atom. The zero-order chi connectivity index (χ0) is 33.0. The fourth-order valence-electron chi connectivity index (χ4n) is 6.19. The van der Waals surface area contributed by atoms with Gasteiger partial charge in [0.25, 0.3) is 0 Å². The third kappa shape index (κ3) is 6.00. The fourth-order valence-corrected chi connectivity index (χ4v) is 6.19. The molecule has 0 atom stereocenters. The van der Waals surface area contributed by atoms with Crippen LogP contribution in [-0.2, 0) is 9.47 Å². The van der Waals surface area contributed by atoms with Crippen LogP contribution in [0.1, 0.15) is 20.7 Å². The number of hydrogen-bond acceptors (Lipinski definition) is 4. The number of rotatable bonds is 2. The van der Waals surface area contributed by atoms with Crippen molar-refractivity contribution in [2.75, 3.05) is 14.2 Å². The molecular formula is C44H32O4. The monoisotopic (exact) mass is 624 g/mol. The van der Waals surface area contributed by atoms with Crippen LogP contribution in [0.25, 0.3) is 64.6 Å². The molecule has 0 N–H and O–H groups in total. The number of carbonyl (C=O) groups is 2. The maximum atomic E-state index is 13.2. The number of methoxy groups -OCH3 is 2. The van der Waals surface area contributed by atoms with Crippen LogP contribution in [0.4, 0.5) is 0 Å². The minimum atomic E-state index is -0.376. The molecule has 12 bridgehead atoms. The highest BCUT2D eigenvalue weighted by Crippen LogP contribution is 2.28. The largest absolute Gasteiger partial charge is 0.465 e. The van der Waals surface area contributed by atoms with E-state index in [1.807, 2.05) is 133 Å². The van der Waals surface area contributed by atoms with Crippen LogP contribution in [0, 0.1) is 0 Å². The van der Waals surface area contributed by atoms with Crippen molar-refractivity contribution in [2.24, 2.45) is 0 Å². The quantitative estimate of drug-likeness (QED) is 0.180. The molecule has 232 valence electrons. The summed E-state index contributed by atoms with van der Waals surface area (Å²) in [6.45, 7) is 0. The highest BCUT2D eigenvalue weighted by atomic mass is 16.5. The number of ether oxygens (including phenoxy) is 2. The van der Waals surface area contributed by atoms with Gasteiger partial charge in [0.2, 0.25) is 0 Å². The van der Waals surface area contributed by atoms with E-state index < -0.39 is 0 Å². The molecule has 0 aliphatic rings. The first-order valence-electron chi connectivity index (χ1n) is 15.7. The molecule has 13 rings (SSSR count). The van der Waals surface area contributed by atoms with Crippen molar-refractivity contribution < 1.29 is 19.1 Å². The van der Waals surface area contributed by atoms with E-state index in [1.54, 1.807) is 0 Å². The molecule has 0 saturated heterocycles. The van der Waals surface area contributed by atoms with Gasteiger partial charge < -0.3 is 9.47 Å². The fraction of sp³-hybridized carbons (Fsp3) is 0.0455.